The summed E-state index contributed by atoms with van der Waals surface area (Å²) in [5.41, 5.74) is 0.750. The van der Waals surface area contributed by atoms with Crippen molar-refractivity contribution in [2.45, 2.75) is 19.4 Å². The van der Waals surface area contributed by atoms with Crippen LogP contribution in [0, 0.1) is 6.92 Å². The first-order valence-electron chi connectivity index (χ1n) is 7.29. The van der Waals surface area contributed by atoms with Gasteiger partial charge in [0.1, 0.15) is 0 Å². The van der Waals surface area contributed by atoms with E-state index in [4.69, 9.17) is 9.84 Å². The van der Waals surface area contributed by atoms with Crippen molar-refractivity contribution in [2.75, 3.05) is 44.3 Å². The Kier molecular flexibility index (Phi) is 4.03. The fraction of sp³-hybridized carbons (Fsp3) is 0.643. The lowest BCUT2D eigenvalue weighted by Crippen LogP contribution is -2.44. The molecule has 0 spiro atoms. The van der Waals surface area contributed by atoms with Crippen LogP contribution < -0.4 is 4.90 Å². The van der Waals surface area contributed by atoms with Crippen LogP contribution >= 0.6 is 0 Å². The minimum Gasteiger partial charge on any atom is -0.477 e. The minimum absolute atomic E-state index is 0.0623. The predicted octanol–water partition coefficient (Wildman–Crippen LogP) is 0.394. The number of carbonyl (C=O) groups is 1. The van der Waals surface area contributed by atoms with Crippen LogP contribution in [0.1, 0.15) is 22.6 Å². The first-order chi connectivity index (χ1) is 10.1. The lowest BCUT2D eigenvalue weighted by Gasteiger charge is -2.32. The Balaban J connectivity index is 1.72. The number of anilines is 1. The molecule has 7 nitrogen and oxygen atoms in total. The Bertz CT molecular complexity index is 531. The molecule has 0 bridgehead atoms. The summed E-state index contributed by atoms with van der Waals surface area (Å²) in [5, 5.41) is 9.10. The second-order valence-electron chi connectivity index (χ2n) is 5.54. The number of rotatable bonds is 3. The first-order valence-corrected chi connectivity index (χ1v) is 7.29. The van der Waals surface area contributed by atoms with E-state index in [0.717, 1.165) is 45.8 Å². The van der Waals surface area contributed by atoms with E-state index in [-0.39, 0.29) is 5.69 Å². The number of morpholine rings is 1. The van der Waals surface area contributed by atoms with Gasteiger partial charge < -0.3 is 14.7 Å². The van der Waals surface area contributed by atoms with Crippen LogP contribution in [-0.2, 0) is 4.74 Å². The van der Waals surface area contributed by atoms with Crippen LogP contribution in [0.25, 0.3) is 0 Å². The molecule has 1 aromatic rings. The molecule has 0 amide bonds. The highest BCUT2D eigenvalue weighted by Gasteiger charge is 2.30. The summed E-state index contributed by atoms with van der Waals surface area (Å²) in [6.07, 6.45) is 1.06. The number of aromatic carboxylic acids is 1. The van der Waals surface area contributed by atoms with Gasteiger partial charge in [-0.1, -0.05) is 0 Å². The van der Waals surface area contributed by atoms with Crippen LogP contribution in [0.4, 0.5) is 5.95 Å². The second kappa shape index (κ2) is 5.95. The zero-order chi connectivity index (χ0) is 14.8. The van der Waals surface area contributed by atoms with E-state index in [1.807, 2.05) is 0 Å². The molecule has 2 saturated heterocycles. The van der Waals surface area contributed by atoms with Crippen molar-refractivity contribution in [3.8, 4) is 0 Å². The number of carboxylic acids is 1. The van der Waals surface area contributed by atoms with Crippen molar-refractivity contribution in [2.24, 2.45) is 0 Å². The highest BCUT2D eigenvalue weighted by molar-refractivity contribution is 5.85. The molecule has 2 aliphatic rings. The molecule has 1 N–H and O–H groups in total. The molecule has 0 aliphatic carbocycles. The van der Waals surface area contributed by atoms with Crippen LogP contribution in [-0.4, -0.2) is 71.4 Å². The standard InChI is InChI=1S/C14H20N4O3/c1-10-8-12(13(19)20)16-14(15-10)18-3-2-11(9-18)17-4-6-21-7-5-17/h8,11H,2-7,9H2,1H3,(H,19,20). The molecular formula is C14H20N4O3. The summed E-state index contributed by atoms with van der Waals surface area (Å²) >= 11 is 0. The van der Waals surface area contributed by atoms with Crippen LogP contribution in [0.3, 0.4) is 0 Å². The fourth-order valence-electron chi connectivity index (χ4n) is 2.97. The minimum atomic E-state index is -1.01. The summed E-state index contributed by atoms with van der Waals surface area (Å²) < 4.78 is 5.38. The number of aromatic nitrogens is 2. The average Bonchev–Trinajstić information content (AvgIpc) is 2.97. The Morgan fingerprint density at radius 3 is 2.81 bits per heavy atom. The molecule has 3 rings (SSSR count). The van der Waals surface area contributed by atoms with Crippen molar-refractivity contribution in [3.63, 3.8) is 0 Å². The third-order valence-corrected chi connectivity index (χ3v) is 4.07. The summed E-state index contributed by atoms with van der Waals surface area (Å²) in [4.78, 5) is 24.2. The number of ether oxygens (including phenoxy) is 1. The van der Waals surface area contributed by atoms with Crippen molar-refractivity contribution in [1.29, 1.82) is 0 Å². The van der Waals surface area contributed by atoms with Crippen molar-refractivity contribution in [3.05, 3.63) is 17.5 Å². The largest absolute Gasteiger partial charge is 0.477 e. The molecule has 1 atom stereocenters. The molecule has 1 unspecified atom stereocenters. The van der Waals surface area contributed by atoms with Gasteiger partial charge in [-0.3, -0.25) is 4.90 Å². The normalized spacial score (nSPS) is 23.5. The summed E-state index contributed by atoms with van der Waals surface area (Å²) in [6, 6.07) is 1.98. The van der Waals surface area contributed by atoms with E-state index in [2.05, 4.69) is 19.8 Å². The highest BCUT2D eigenvalue weighted by atomic mass is 16.5. The van der Waals surface area contributed by atoms with E-state index >= 15 is 0 Å². The SMILES string of the molecule is Cc1cc(C(=O)O)nc(N2CCC(N3CCOCC3)C2)n1. The third-order valence-electron chi connectivity index (χ3n) is 4.07. The summed E-state index contributed by atoms with van der Waals surface area (Å²) in [5.74, 6) is -0.478. The molecule has 0 saturated carbocycles. The van der Waals surface area contributed by atoms with E-state index in [1.54, 1.807) is 6.92 Å². The molecule has 0 aromatic carbocycles. The second-order valence-corrected chi connectivity index (χ2v) is 5.54. The highest BCUT2D eigenvalue weighted by Crippen LogP contribution is 2.21. The maximum absolute atomic E-state index is 11.1. The van der Waals surface area contributed by atoms with E-state index < -0.39 is 5.97 Å². The predicted molar refractivity (Wildman–Crippen MR) is 76.7 cm³/mol. The quantitative estimate of drug-likeness (QED) is 0.863. The smallest absolute Gasteiger partial charge is 0.354 e. The molecule has 114 valence electrons. The molecule has 1 aromatic heterocycles. The zero-order valence-electron chi connectivity index (χ0n) is 12.2. The van der Waals surface area contributed by atoms with Gasteiger partial charge in [0, 0.05) is 37.9 Å². The van der Waals surface area contributed by atoms with Crippen LogP contribution in [0.2, 0.25) is 0 Å². The van der Waals surface area contributed by atoms with Gasteiger partial charge >= 0.3 is 5.97 Å². The Labute approximate surface area is 123 Å². The van der Waals surface area contributed by atoms with Gasteiger partial charge in [-0.05, 0) is 19.4 Å². The Morgan fingerprint density at radius 1 is 1.33 bits per heavy atom. The summed E-state index contributed by atoms with van der Waals surface area (Å²) in [7, 11) is 0. The number of aryl methyl sites for hydroxylation is 1. The Morgan fingerprint density at radius 2 is 2.10 bits per heavy atom. The molecule has 2 aliphatic heterocycles. The fourth-order valence-corrected chi connectivity index (χ4v) is 2.97. The number of hydrogen-bond acceptors (Lipinski definition) is 6. The van der Waals surface area contributed by atoms with Gasteiger partial charge in [0.15, 0.2) is 5.69 Å². The van der Waals surface area contributed by atoms with E-state index in [0.29, 0.717) is 17.7 Å². The third kappa shape index (κ3) is 3.14. The lowest BCUT2D eigenvalue weighted by atomic mass is 10.2. The number of nitrogens with zero attached hydrogens (tertiary/aromatic N) is 4. The maximum atomic E-state index is 11.1. The van der Waals surface area contributed by atoms with Crippen molar-refractivity contribution < 1.29 is 14.6 Å². The first kappa shape index (κ1) is 14.2. The van der Waals surface area contributed by atoms with Crippen LogP contribution in [0.5, 0.6) is 0 Å². The van der Waals surface area contributed by atoms with Gasteiger partial charge in [0.05, 0.1) is 13.2 Å². The monoisotopic (exact) mass is 292 g/mol. The molecule has 7 heteroatoms. The van der Waals surface area contributed by atoms with E-state index in [9.17, 15) is 4.79 Å². The van der Waals surface area contributed by atoms with Crippen molar-refractivity contribution in [1.82, 2.24) is 14.9 Å². The molecule has 2 fully saturated rings. The van der Waals surface area contributed by atoms with Gasteiger partial charge in [0.2, 0.25) is 5.95 Å². The molecule has 21 heavy (non-hydrogen) atoms. The van der Waals surface area contributed by atoms with Gasteiger partial charge in [-0.2, -0.15) is 0 Å². The van der Waals surface area contributed by atoms with Crippen molar-refractivity contribution >= 4 is 11.9 Å². The van der Waals surface area contributed by atoms with Gasteiger partial charge in [0.25, 0.3) is 0 Å². The van der Waals surface area contributed by atoms with Crippen LogP contribution in [0.15, 0.2) is 6.07 Å². The zero-order valence-corrected chi connectivity index (χ0v) is 12.2. The molecular weight excluding hydrogens is 272 g/mol. The lowest BCUT2D eigenvalue weighted by molar-refractivity contribution is 0.0209. The topological polar surface area (TPSA) is 78.8 Å². The number of carboxylic acid groups (broad SMARTS) is 1. The summed E-state index contributed by atoms with van der Waals surface area (Å²) in [6.45, 7) is 7.03. The molecule has 0 radical (unpaired) electrons. The number of hydrogen-bond donors (Lipinski definition) is 1. The van der Waals surface area contributed by atoms with Gasteiger partial charge in [-0.25, -0.2) is 14.8 Å². The maximum Gasteiger partial charge on any atom is 0.354 e. The average molecular weight is 292 g/mol. The van der Waals surface area contributed by atoms with Gasteiger partial charge in [-0.15, -0.1) is 0 Å². The Hall–Kier alpha value is -1.73. The van der Waals surface area contributed by atoms with E-state index in [1.165, 1.54) is 6.07 Å². The molecule has 3 heterocycles.